The van der Waals surface area contributed by atoms with Crippen LogP contribution >= 0.6 is 0 Å². The van der Waals surface area contributed by atoms with Gasteiger partial charge >= 0.3 is 0 Å². The minimum Gasteiger partial charge on any atom is -0.394 e. The Morgan fingerprint density at radius 1 is 1.43 bits per heavy atom. The molecule has 0 amide bonds. The zero-order valence-corrected chi connectivity index (χ0v) is 9.48. The number of fused-ring (bicyclic) bond motifs is 2. The van der Waals surface area contributed by atoms with Gasteiger partial charge < -0.3 is 5.32 Å². The van der Waals surface area contributed by atoms with Crippen LogP contribution in [0.3, 0.4) is 0 Å². The van der Waals surface area contributed by atoms with Gasteiger partial charge in [-0.2, -0.15) is 0 Å². The number of nitrogens with one attached hydrogen (secondary N) is 1. The summed E-state index contributed by atoms with van der Waals surface area (Å²) >= 11 is 0. The van der Waals surface area contributed by atoms with Crippen molar-refractivity contribution < 1.29 is 4.79 Å². The van der Waals surface area contributed by atoms with E-state index in [9.17, 15) is 4.79 Å². The SMILES string of the molecule is CN/C=C1/C(=O)C2(C)CCC1C2(C)C. The molecular formula is C12H19NO. The molecule has 2 aliphatic rings. The van der Waals surface area contributed by atoms with Crippen molar-refractivity contribution in [2.45, 2.75) is 33.6 Å². The van der Waals surface area contributed by atoms with E-state index < -0.39 is 0 Å². The van der Waals surface area contributed by atoms with E-state index in [2.05, 4.69) is 26.1 Å². The molecule has 2 bridgehead atoms. The van der Waals surface area contributed by atoms with Crippen LogP contribution in [-0.4, -0.2) is 12.8 Å². The molecule has 2 saturated carbocycles. The van der Waals surface area contributed by atoms with E-state index in [4.69, 9.17) is 0 Å². The number of carbonyl (C=O) groups excluding carboxylic acids is 1. The number of allylic oxidation sites excluding steroid dienone is 1. The topological polar surface area (TPSA) is 29.1 Å². The summed E-state index contributed by atoms with van der Waals surface area (Å²) in [5.41, 5.74) is 1.05. The van der Waals surface area contributed by atoms with Crippen molar-refractivity contribution in [2.75, 3.05) is 7.05 Å². The lowest BCUT2D eigenvalue weighted by Crippen LogP contribution is -2.32. The van der Waals surface area contributed by atoms with Crippen molar-refractivity contribution in [3.05, 3.63) is 11.8 Å². The van der Waals surface area contributed by atoms with Gasteiger partial charge in [-0.1, -0.05) is 20.8 Å². The van der Waals surface area contributed by atoms with Crippen LogP contribution in [0.1, 0.15) is 33.6 Å². The first-order valence-electron chi connectivity index (χ1n) is 5.37. The number of rotatable bonds is 1. The van der Waals surface area contributed by atoms with Crippen LogP contribution in [0.2, 0.25) is 0 Å². The third kappa shape index (κ3) is 0.844. The van der Waals surface area contributed by atoms with Gasteiger partial charge in [0.2, 0.25) is 0 Å². The van der Waals surface area contributed by atoms with Gasteiger partial charge in [0.1, 0.15) is 0 Å². The van der Waals surface area contributed by atoms with E-state index >= 15 is 0 Å². The minimum atomic E-state index is -0.111. The summed E-state index contributed by atoms with van der Waals surface area (Å²) in [6.45, 7) is 6.60. The van der Waals surface area contributed by atoms with Gasteiger partial charge in [0.05, 0.1) is 0 Å². The Morgan fingerprint density at radius 3 is 2.50 bits per heavy atom. The Balaban J connectivity index is 2.49. The van der Waals surface area contributed by atoms with E-state index in [-0.39, 0.29) is 10.8 Å². The molecule has 2 rings (SSSR count). The van der Waals surface area contributed by atoms with Gasteiger partial charge in [-0.15, -0.1) is 0 Å². The quantitative estimate of drug-likeness (QED) is 0.646. The Labute approximate surface area is 85.8 Å². The lowest BCUT2D eigenvalue weighted by Gasteiger charge is -2.31. The fourth-order valence-corrected chi connectivity index (χ4v) is 3.25. The number of ketones is 1. The zero-order chi connectivity index (χ0) is 10.6. The predicted octanol–water partition coefficient (Wildman–Crippen LogP) is 2.11. The average Bonchev–Trinajstić information content (AvgIpc) is 2.41. The number of carbonyl (C=O) groups is 1. The molecule has 1 N–H and O–H groups in total. The van der Waals surface area contributed by atoms with Crippen LogP contribution in [0.25, 0.3) is 0 Å². The Kier molecular flexibility index (Phi) is 1.82. The molecule has 0 aromatic heterocycles. The van der Waals surface area contributed by atoms with Crippen LogP contribution in [0.4, 0.5) is 0 Å². The number of Topliss-reactive ketones (excluding diaryl/α,β-unsaturated/α-hetero) is 1. The maximum absolute atomic E-state index is 12.2. The molecule has 2 unspecified atom stereocenters. The molecule has 2 aliphatic carbocycles. The second-order valence-corrected chi connectivity index (χ2v) is 5.36. The van der Waals surface area contributed by atoms with Crippen LogP contribution in [-0.2, 0) is 4.79 Å². The first kappa shape index (κ1) is 9.75. The fraction of sp³-hybridized carbons (Fsp3) is 0.750. The Bertz CT molecular complexity index is 316. The standard InChI is InChI=1S/C12H19NO/c1-11(2)9-5-6-12(11,3)10(14)8(9)7-13-4/h7,9,13H,5-6H2,1-4H3/b8-7+. The summed E-state index contributed by atoms with van der Waals surface area (Å²) in [6.07, 6.45) is 4.13. The van der Waals surface area contributed by atoms with E-state index in [0.29, 0.717) is 11.7 Å². The molecule has 78 valence electrons. The van der Waals surface area contributed by atoms with Gasteiger partial charge in [-0.3, -0.25) is 4.79 Å². The molecule has 0 spiro atoms. The molecule has 0 aromatic rings. The summed E-state index contributed by atoms with van der Waals surface area (Å²) in [7, 11) is 1.86. The summed E-state index contributed by atoms with van der Waals surface area (Å²) in [5, 5.41) is 3.00. The van der Waals surface area contributed by atoms with Gasteiger partial charge in [-0.25, -0.2) is 0 Å². The molecular weight excluding hydrogens is 174 g/mol. The summed E-state index contributed by atoms with van der Waals surface area (Å²) in [5.74, 6) is 0.834. The van der Waals surface area contributed by atoms with Crippen LogP contribution < -0.4 is 5.32 Å². The highest BCUT2D eigenvalue weighted by molar-refractivity contribution is 6.04. The monoisotopic (exact) mass is 193 g/mol. The molecule has 0 saturated heterocycles. The lowest BCUT2D eigenvalue weighted by atomic mass is 9.70. The van der Waals surface area contributed by atoms with E-state index in [1.54, 1.807) is 0 Å². The third-order valence-electron chi connectivity index (χ3n) is 4.66. The number of hydrogen-bond donors (Lipinski definition) is 1. The first-order chi connectivity index (χ1) is 6.45. The van der Waals surface area contributed by atoms with Crippen molar-refractivity contribution in [3.8, 4) is 0 Å². The second kappa shape index (κ2) is 2.62. The second-order valence-electron chi connectivity index (χ2n) is 5.36. The average molecular weight is 193 g/mol. The van der Waals surface area contributed by atoms with Crippen molar-refractivity contribution in [3.63, 3.8) is 0 Å². The third-order valence-corrected chi connectivity index (χ3v) is 4.66. The lowest BCUT2D eigenvalue weighted by molar-refractivity contribution is -0.125. The fourth-order valence-electron chi connectivity index (χ4n) is 3.25. The van der Waals surface area contributed by atoms with E-state index in [1.165, 1.54) is 6.42 Å². The molecule has 0 aromatic carbocycles. The van der Waals surface area contributed by atoms with Gasteiger partial charge in [0.25, 0.3) is 0 Å². The predicted molar refractivity (Wildman–Crippen MR) is 56.8 cm³/mol. The Morgan fingerprint density at radius 2 is 2.07 bits per heavy atom. The van der Waals surface area contributed by atoms with E-state index in [0.717, 1.165) is 12.0 Å². The summed E-state index contributed by atoms with van der Waals surface area (Å²) < 4.78 is 0. The highest BCUT2D eigenvalue weighted by atomic mass is 16.1. The van der Waals surface area contributed by atoms with Crippen LogP contribution in [0.15, 0.2) is 11.8 Å². The molecule has 0 aliphatic heterocycles. The van der Waals surface area contributed by atoms with Gasteiger partial charge in [0.15, 0.2) is 5.78 Å². The largest absolute Gasteiger partial charge is 0.394 e. The van der Waals surface area contributed by atoms with Crippen molar-refractivity contribution in [1.29, 1.82) is 0 Å². The zero-order valence-electron chi connectivity index (χ0n) is 9.48. The normalized spacial score (nSPS) is 42.1. The molecule has 2 nitrogen and oxygen atoms in total. The molecule has 0 heterocycles. The van der Waals surface area contributed by atoms with Crippen molar-refractivity contribution in [1.82, 2.24) is 5.32 Å². The minimum absolute atomic E-state index is 0.111. The van der Waals surface area contributed by atoms with Gasteiger partial charge in [-0.05, 0) is 24.2 Å². The maximum atomic E-state index is 12.2. The highest BCUT2D eigenvalue weighted by Crippen LogP contribution is 2.65. The molecule has 2 fully saturated rings. The first-order valence-corrected chi connectivity index (χ1v) is 5.37. The van der Waals surface area contributed by atoms with Crippen molar-refractivity contribution in [2.24, 2.45) is 16.7 Å². The summed E-state index contributed by atoms with van der Waals surface area (Å²) in [4.78, 5) is 12.2. The molecule has 14 heavy (non-hydrogen) atoms. The number of hydrogen-bond acceptors (Lipinski definition) is 2. The molecule has 2 atom stereocenters. The van der Waals surface area contributed by atoms with Crippen molar-refractivity contribution >= 4 is 5.78 Å². The maximum Gasteiger partial charge on any atom is 0.167 e. The van der Waals surface area contributed by atoms with E-state index in [1.807, 2.05) is 13.2 Å². The smallest absolute Gasteiger partial charge is 0.167 e. The van der Waals surface area contributed by atoms with Crippen LogP contribution in [0, 0.1) is 16.7 Å². The van der Waals surface area contributed by atoms with Crippen LogP contribution in [0.5, 0.6) is 0 Å². The Hall–Kier alpha value is -0.790. The molecule has 0 radical (unpaired) electrons. The summed E-state index contributed by atoms with van der Waals surface area (Å²) in [6, 6.07) is 0. The van der Waals surface area contributed by atoms with Gasteiger partial charge in [0, 0.05) is 24.2 Å². The molecule has 2 heteroatoms. The highest BCUT2D eigenvalue weighted by Gasteiger charge is 2.63.